The van der Waals surface area contributed by atoms with Gasteiger partial charge in [-0.25, -0.2) is 0 Å². The lowest BCUT2D eigenvalue weighted by molar-refractivity contribution is -0.146. The molecule has 1 aromatic heterocycles. The molecule has 0 bridgehead atoms. The minimum Gasteiger partial charge on any atom is -0.366 e. The van der Waals surface area contributed by atoms with Crippen LogP contribution in [0.4, 0.5) is 0 Å². The van der Waals surface area contributed by atoms with Crippen LogP contribution in [0.15, 0.2) is 0 Å². The van der Waals surface area contributed by atoms with Gasteiger partial charge in [-0.3, -0.25) is 9.48 Å². The van der Waals surface area contributed by atoms with Crippen LogP contribution in [-0.4, -0.2) is 52.9 Å². The minimum atomic E-state index is -0.336. The number of aryl methyl sites for hydroxylation is 2. The molecule has 2 aliphatic heterocycles. The van der Waals surface area contributed by atoms with Crippen LogP contribution in [0.3, 0.4) is 0 Å². The number of nitrogens with zero attached hydrogens (tertiary/aromatic N) is 3. The Bertz CT molecular complexity index is 534. The largest absolute Gasteiger partial charge is 0.366 e. The highest BCUT2D eigenvalue weighted by atomic mass is 16.5. The van der Waals surface area contributed by atoms with E-state index in [0.29, 0.717) is 13.2 Å². The molecular formula is C15H24N4O2. The molecule has 6 nitrogen and oxygen atoms in total. The van der Waals surface area contributed by atoms with Crippen molar-refractivity contribution in [3.8, 4) is 0 Å². The molecule has 1 amide bonds. The summed E-state index contributed by atoms with van der Waals surface area (Å²) >= 11 is 0. The minimum absolute atomic E-state index is 0.118. The highest BCUT2D eigenvalue weighted by molar-refractivity contribution is 5.82. The molecule has 3 rings (SSSR count). The molecule has 2 aliphatic rings. The molecule has 0 radical (unpaired) electrons. The maximum Gasteiger partial charge on any atom is 0.253 e. The number of ether oxygens (including phenoxy) is 1. The third kappa shape index (κ3) is 2.58. The van der Waals surface area contributed by atoms with Gasteiger partial charge in [-0.15, -0.1) is 0 Å². The molecule has 2 fully saturated rings. The van der Waals surface area contributed by atoms with Crippen LogP contribution in [0.5, 0.6) is 0 Å². The molecule has 2 unspecified atom stereocenters. The number of morpholine rings is 1. The molecule has 0 spiro atoms. The zero-order valence-electron chi connectivity index (χ0n) is 13.1. The molecule has 2 saturated heterocycles. The Labute approximate surface area is 125 Å². The first-order valence-corrected chi connectivity index (χ1v) is 7.72. The van der Waals surface area contributed by atoms with Gasteiger partial charge in [-0.2, -0.15) is 5.10 Å². The van der Waals surface area contributed by atoms with E-state index >= 15 is 0 Å². The Morgan fingerprint density at radius 2 is 2.24 bits per heavy atom. The predicted octanol–water partition coefficient (Wildman–Crippen LogP) is 0.689. The third-order valence-corrected chi connectivity index (χ3v) is 4.64. The number of amides is 1. The molecule has 0 aromatic carbocycles. The van der Waals surface area contributed by atoms with E-state index < -0.39 is 0 Å². The van der Waals surface area contributed by atoms with E-state index in [1.165, 1.54) is 5.56 Å². The summed E-state index contributed by atoms with van der Waals surface area (Å²) in [6.07, 6.45) is 1.72. The molecule has 0 aliphatic carbocycles. The Morgan fingerprint density at radius 3 is 2.86 bits per heavy atom. The number of rotatable bonds is 2. The van der Waals surface area contributed by atoms with Crippen molar-refractivity contribution in [1.29, 1.82) is 0 Å². The zero-order valence-corrected chi connectivity index (χ0v) is 13.1. The molecule has 1 aromatic rings. The monoisotopic (exact) mass is 292 g/mol. The average Bonchev–Trinajstić information content (AvgIpc) is 3.05. The van der Waals surface area contributed by atoms with Crippen LogP contribution in [0.1, 0.15) is 35.8 Å². The van der Waals surface area contributed by atoms with Crippen molar-refractivity contribution in [1.82, 2.24) is 20.0 Å². The molecule has 6 heteroatoms. The number of hydrogen-bond donors (Lipinski definition) is 1. The van der Waals surface area contributed by atoms with E-state index in [2.05, 4.69) is 17.3 Å². The number of nitrogens with one attached hydrogen (secondary N) is 1. The Kier molecular flexibility index (Phi) is 3.99. The number of likely N-dealkylation sites (tertiary alicyclic amines) is 1. The summed E-state index contributed by atoms with van der Waals surface area (Å²) in [6, 6.07) is 0.150. The SMILES string of the molecule is Cc1nn(C)c(C)c1C1CCCN1C(=O)C1CNCCO1. The Hall–Kier alpha value is -1.40. The maximum atomic E-state index is 12.7. The van der Waals surface area contributed by atoms with Gasteiger partial charge in [0.2, 0.25) is 0 Å². The quantitative estimate of drug-likeness (QED) is 0.871. The summed E-state index contributed by atoms with van der Waals surface area (Å²) in [7, 11) is 1.96. The van der Waals surface area contributed by atoms with Crippen LogP contribution in [0.2, 0.25) is 0 Å². The average molecular weight is 292 g/mol. The van der Waals surface area contributed by atoms with Crippen LogP contribution in [-0.2, 0) is 16.6 Å². The van der Waals surface area contributed by atoms with Gasteiger partial charge in [-0.1, -0.05) is 0 Å². The first kappa shape index (κ1) is 14.5. The van der Waals surface area contributed by atoms with Crippen LogP contribution in [0, 0.1) is 13.8 Å². The van der Waals surface area contributed by atoms with E-state index in [1.54, 1.807) is 0 Å². The van der Waals surface area contributed by atoms with Gasteiger partial charge in [-0.05, 0) is 26.7 Å². The summed E-state index contributed by atoms with van der Waals surface area (Å²) in [6.45, 7) is 6.98. The van der Waals surface area contributed by atoms with Crippen molar-refractivity contribution in [2.45, 2.75) is 38.8 Å². The normalized spacial score (nSPS) is 26.3. The second-order valence-corrected chi connectivity index (χ2v) is 5.96. The fourth-order valence-corrected chi connectivity index (χ4v) is 3.51. The molecule has 0 saturated carbocycles. The zero-order chi connectivity index (χ0) is 15.0. The smallest absolute Gasteiger partial charge is 0.253 e. The Balaban J connectivity index is 1.83. The van der Waals surface area contributed by atoms with Crippen LogP contribution >= 0.6 is 0 Å². The fourth-order valence-electron chi connectivity index (χ4n) is 3.51. The standard InChI is InChI=1S/C15H24N4O2/c1-10-14(11(2)18(3)17-10)12-5-4-7-19(12)15(20)13-9-16-6-8-21-13/h12-13,16H,4-9H2,1-3H3. The van der Waals surface area contributed by atoms with Gasteiger partial charge in [0.05, 0.1) is 18.3 Å². The van der Waals surface area contributed by atoms with Gasteiger partial charge >= 0.3 is 0 Å². The summed E-state index contributed by atoms with van der Waals surface area (Å²) in [4.78, 5) is 14.7. The van der Waals surface area contributed by atoms with E-state index in [9.17, 15) is 4.79 Å². The molecule has 3 heterocycles. The van der Waals surface area contributed by atoms with Crippen molar-refractivity contribution >= 4 is 5.91 Å². The summed E-state index contributed by atoms with van der Waals surface area (Å²) in [5.41, 5.74) is 3.40. The second kappa shape index (κ2) is 5.77. The van der Waals surface area contributed by atoms with E-state index in [1.807, 2.05) is 23.6 Å². The molecule has 116 valence electrons. The Morgan fingerprint density at radius 1 is 1.43 bits per heavy atom. The highest BCUT2D eigenvalue weighted by Gasteiger charge is 2.37. The predicted molar refractivity (Wildman–Crippen MR) is 79.0 cm³/mol. The fraction of sp³-hybridized carbons (Fsp3) is 0.733. The summed E-state index contributed by atoms with van der Waals surface area (Å²) in [5.74, 6) is 0.118. The molecule has 21 heavy (non-hydrogen) atoms. The van der Waals surface area contributed by atoms with E-state index in [0.717, 1.165) is 37.3 Å². The van der Waals surface area contributed by atoms with E-state index in [4.69, 9.17) is 4.74 Å². The van der Waals surface area contributed by atoms with Crippen molar-refractivity contribution in [3.05, 3.63) is 17.0 Å². The second-order valence-electron chi connectivity index (χ2n) is 5.96. The molecule has 1 N–H and O–H groups in total. The number of aromatic nitrogens is 2. The van der Waals surface area contributed by atoms with Crippen LogP contribution < -0.4 is 5.32 Å². The van der Waals surface area contributed by atoms with E-state index in [-0.39, 0.29) is 18.1 Å². The third-order valence-electron chi connectivity index (χ3n) is 4.64. The number of carbonyl (C=O) groups is 1. The van der Waals surface area contributed by atoms with Crippen molar-refractivity contribution in [2.75, 3.05) is 26.2 Å². The highest BCUT2D eigenvalue weighted by Crippen LogP contribution is 2.35. The van der Waals surface area contributed by atoms with Gasteiger partial charge in [0.15, 0.2) is 0 Å². The van der Waals surface area contributed by atoms with Gasteiger partial charge in [0, 0.05) is 37.9 Å². The number of carbonyl (C=O) groups excluding carboxylic acids is 1. The van der Waals surface area contributed by atoms with Crippen molar-refractivity contribution < 1.29 is 9.53 Å². The first-order chi connectivity index (χ1) is 10.1. The molecular weight excluding hydrogens is 268 g/mol. The first-order valence-electron chi connectivity index (χ1n) is 7.72. The number of hydrogen-bond acceptors (Lipinski definition) is 4. The lowest BCUT2D eigenvalue weighted by Gasteiger charge is -2.31. The maximum absolute atomic E-state index is 12.7. The van der Waals surface area contributed by atoms with Gasteiger partial charge < -0.3 is 15.0 Å². The summed E-state index contributed by atoms with van der Waals surface area (Å²) < 4.78 is 7.53. The lowest BCUT2D eigenvalue weighted by atomic mass is 10.0. The van der Waals surface area contributed by atoms with Crippen molar-refractivity contribution in [2.24, 2.45) is 7.05 Å². The van der Waals surface area contributed by atoms with Gasteiger partial charge in [0.25, 0.3) is 5.91 Å². The van der Waals surface area contributed by atoms with Crippen molar-refractivity contribution in [3.63, 3.8) is 0 Å². The molecule has 2 atom stereocenters. The summed E-state index contributed by atoms with van der Waals surface area (Å²) in [5, 5.41) is 7.73. The lowest BCUT2D eigenvalue weighted by Crippen LogP contribution is -2.49. The van der Waals surface area contributed by atoms with Gasteiger partial charge in [0.1, 0.15) is 6.10 Å². The topological polar surface area (TPSA) is 59.4 Å². The van der Waals surface area contributed by atoms with Crippen LogP contribution in [0.25, 0.3) is 0 Å².